The van der Waals surface area contributed by atoms with Crippen molar-refractivity contribution in [2.45, 2.75) is 121 Å². The molecule has 13 heteroatoms. The number of nitrogens with one attached hydrogen (secondary N) is 2. The van der Waals surface area contributed by atoms with Crippen LogP contribution in [-0.2, 0) is 37.1 Å². The molecule has 334 valence electrons. The zero-order valence-corrected chi connectivity index (χ0v) is 39.0. The summed E-state index contributed by atoms with van der Waals surface area (Å²) in [6.07, 6.45) is 7.85. The summed E-state index contributed by atoms with van der Waals surface area (Å²) in [5.74, 6) is 0.364. The molecular weight excluding hydrogens is 822 g/mol. The minimum Gasteiger partial charge on any atom is -0.506 e. The molecule has 4 fully saturated rings. The predicted molar refractivity (Wildman–Crippen MR) is 246 cm³/mol. The lowest BCUT2D eigenvalue weighted by Gasteiger charge is -2.45. The first-order valence-corrected chi connectivity index (χ1v) is 25.7. The van der Waals surface area contributed by atoms with E-state index >= 15 is 0 Å². The first-order chi connectivity index (χ1) is 29.6. The van der Waals surface area contributed by atoms with Crippen LogP contribution in [0, 0.1) is 5.92 Å². The number of carbonyl (C=O) groups is 2. The van der Waals surface area contributed by atoms with Crippen LogP contribution in [0.1, 0.15) is 111 Å². The molecule has 2 atom stereocenters. The number of rotatable bonds is 16. The molecule has 3 N–H and O–H groups in total. The Morgan fingerprint density at radius 2 is 1.79 bits per heavy atom. The number of methoxy groups -OCH3 is 1. The fraction of sp³-hybridized carbons (Fsp3) is 0.531. The number of carbonyl (C=O) groups excluding carboxylic acids is 2. The van der Waals surface area contributed by atoms with Crippen LogP contribution >= 0.6 is 11.6 Å². The Morgan fingerprint density at radius 3 is 2.48 bits per heavy atom. The predicted octanol–water partition coefficient (Wildman–Crippen LogP) is 9.38. The molecule has 0 spiro atoms. The molecule has 11 nitrogen and oxygen atoms in total. The lowest BCUT2D eigenvalue weighted by Crippen LogP contribution is -2.53. The summed E-state index contributed by atoms with van der Waals surface area (Å²) in [5.41, 5.74) is 3.40. The maximum Gasteiger partial charge on any atom is 0.339 e. The number of benzene rings is 3. The second-order valence-corrected chi connectivity index (χ2v) is 24.3. The quantitative estimate of drug-likeness (QED) is 0.0567. The van der Waals surface area contributed by atoms with Gasteiger partial charge in [-0.3, -0.25) is 14.5 Å². The Bertz CT molecular complexity index is 2290. The van der Waals surface area contributed by atoms with Crippen molar-refractivity contribution in [2.75, 3.05) is 39.9 Å². The lowest BCUT2D eigenvalue weighted by atomic mass is 9.69. The fourth-order valence-corrected chi connectivity index (χ4v) is 10.8. The number of aromatic amines is 1. The molecule has 4 heterocycles. The van der Waals surface area contributed by atoms with Crippen molar-refractivity contribution in [3.63, 3.8) is 0 Å². The van der Waals surface area contributed by atoms with Crippen molar-refractivity contribution in [3.05, 3.63) is 104 Å². The first kappa shape index (κ1) is 45.8. The number of halogens is 1. The minimum absolute atomic E-state index is 0.00863. The summed E-state index contributed by atoms with van der Waals surface area (Å²) >= 11 is 6.74. The Kier molecular flexibility index (Phi) is 14.2. The number of pyridine rings is 1. The van der Waals surface area contributed by atoms with E-state index in [2.05, 4.69) is 67.3 Å². The number of H-pyrrole nitrogens is 1. The number of aromatic hydroxyl groups is 1. The average molecular weight is 887 g/mol. The highest BCUT2D eigenvalue weighted by atomic mass is 35.5. The Morgan fingerprint density at radius 1 is 1.03 bits per heavy atom. The van der Waals surface area contributed by atoms with Crippen LogP contribution in [-0.4, -0.2) is 81.2 Å². The number of esters is 2. The standard InChI is InChI=1S/C49H64ClN3O8Si/c1-48(2,3)62(5,6)61-42(36-15-17-40(54)45-37(36)16-18-44(55)52-45)30-51-29-34-27-39(50)38(28-41(34)58-4)46(56)59-25-11-13-32-12-10-14-35(26-32)49(21-8-7-9-22-49)47(57)60-43-31-53-23-19-33(43)20-24-53/h10,12,14-18,26-28,33,42-43,51,54H,7-9,11,13,19-25,29-31H2,1-6H3,(H,52,55)/t42-,43-/m0/s1. The molecule has 2 bridgehead atoms. The van der Waals surface area contributed by atoms with Gasteiger partial charge in [-0.2, -0.15) is 0 Å². The molecule has 0 amide bonds. The topological polar surface area (TPSA) is 139 Å². The Labute approximate surface area is 371 Å². The van der Waals surface area contributed by atoms with Gasteiger partial charge in [0, 0.05) is 36.7 Å². The van der Waals surface area contributed by atoms with Gasteiger partial charge in [0.05, 0.1) is 41.3 Å². The smallest absolute Gasteiger partial charge is 0.339 e. The number of hydrogen-bond acceptors (Lipinski definition) is 10. The van der Waals surface area contributed by atoms with Crippen molar-refractivity contribution in [1.29, 1.82) is 0 Å². The number of hydrogen-bond donors (Lipinski definition) is 3. The van der Waals surface area contributed by atoms with Crippen LogP contribution in [0.2, 0.25) is 23.2 Å². The van der Waals surface area contributed by atoms with Gasteiger partial charge in [0.15, 0.2) is 8.32 Å². The largest absolute Gasteiger partial charge is 0.506 e. The van der Waals surface area contributed by atoms with E-state index in [9.17, 15) is 19.5 Å². The zero-order chi connectivity index (χ0) is 44.2. The van der Waals surface area contributed by atoms with Gasteiger partial charge in [0.2, 0.25) is 5.56 Å². The third-order valence-corrected chi connectivity index (χ3v) is 18.8. The van der Waals surface area contributed by atoms with E-state index in [-0.39, 0.29) is 45.6 Å². The second-order valence-electron chi connectivity index (χ2n) is 19.1. The number of aromatic nitrogens is 1. The Balaban J connectivity index is 0.973. The van der Waals surface area contributed by atoms with Crippen LogP contribution < -0.4 is 15.6 Å². The van der Waals surface area contributed by atoms with E-state index in [0.717, 1.165) is 86.8 Å². The van der Waals surface area contributed by atoms with E-state index in [1.165, 1.54) is 6.07 Å². The SMILES string of the molecule is COc1cc(C(=O)OCCCc2cccc(C3(C(=O)O[C@H]4CN5CCC4CC5)CCCCC3)c2)c(Cl)cc1CNC[C@H](O[Si](C)(C)C(C)(C)C)c1ccc(O)c2[nH]c(=O)ccc12. The lowest BCUT2D eigenvalue weighted by molar-refractivity contribution is -0.167. The molecule has 0 radical (unpaired) electrons. The molecule has 0 unspecified atom stereocenters. The number of phenolic OH excluding ortho intramolecular Hbond substituents is 1. The molecule has 3 saturated heterocycles. The molecule has 3 aromatic carbocycles. The zero-order valence-electron chi connectivity index (χ0n) is 37.2. The molecule has 4 aromatic rings. The van der Waals surface area contributed by atoms with Crippen LogP contribution in [0.25, 0.3) is 10.9 Å². The summed E-state index contributed by atoms with van der Waals surface area (Å²) in [6, 6.07) is 18.3. The van der Waals surface area contributed by atoms with Crippen molar-refractivity contribution in [3.8, 4) is 11.5 Å². The maximum absolute atomic E-state index is 14.1. The van der Waals surface area contributed by atoms with Gasteiger partial charge >= 0.3 is 11.9 Å². The van der Waals surface area contributed by atoms with Crippen molar-refractivity contribution in [1.82, 2.24) is 15.2 Å². The van der Waals surface area contributed by atoms with Crippen LogP contribution in [0.15, 0.2) is 65.5 Å². The van der Waals surface area contributed by atoms with Crippen LogP contribution in [0.5, 0.6) is 11.5 Å². The van der Waals surface area contributed by atoms with Gasteiger partial charge in [-0.15, -0.1) is 0 Å². The average Bonchev–Trinajstić information content (AvgIpc) is 3.25. The highest BCUT2D eigenvalue weighted by Gasteiger charge is 2.46. The number of phenols is 1. The summed E-state index contributed by atoms with van der Waals surface area (Å²) in [6.45, 7) is 15.0. The number of nitrogens with zero attached hydrogens (tertiary/aromatic N) is 1. The summed E-state index contributed by atoms with van der Waals surface area (Å²) in [7, 11) is -0.735. The summed E-state index contributed by atoms with van der Waals surface area (Å²) < 4.78 is 24.8. The third-order valence-electron chi connectivity index (χ3n) is 14.0. The Hall–Kier alpha value is -4.20. The molecule has 4 aliphatic rings. The molecule has 1 saturated carbocycles. The van der Waals surface area contributed by atoms with E-state index in [0.29, 0.717) is 48.5 Å². The highest BCUT2D eigenvalue weighted by Crippen LogP contribution is 2.44. The molecular formula is C49H64ClN3O8Si. The molecule has 1 aromatic heterocycles. The van der Waals surface area contributed by atoms with Gasteiger partial charge in [-0.25, -0.2) is 4.79 Å². The van der Waals surface area contributed by atoms with E-state index in [4.69, 9.17) is 30.2 Å². The molecule has 62 heavy (non-hydrogen) atoms. The van der Waals surface area contributed by atoms with Gasteiger partial charge in [0.1, 0.15) is 17.6 Å². The van der Waals surface area contributed by atoms with E-state index in [1.54, 1.807) is 31.4 Å². The van der Waals surface area contributed by atoms with Crippen molar-refractivity contribution >= 4 is 42.8 Å². The van der Waals surface area contributed by atoms with Crippen LogP contribution in [0.3, 0.4) is 0 Å². The summed E-state index contributed by atoms with van der Waals surface area (Å²) in [5, 5.41) is 15.0. The minimum atomic E-state index is -2.29. The number of aryl methyl sites for hydroxylation is 1. The van der Waals surface area contributed by atoms with Gasteiger partial charge in [-0.05, 0) is 117 Å². The van der Waals surface area contributed by atoms with Crippen molar-refractivity contribution < 1.29 is 33.3 Å². The number of ether oxygens (including phenoxy) is 3. The van der Waals surface area contributed by atoms with Crippen molar-refractivity contribution in [2.24, 2.45) is 5.92 Å². The summed E-state index contributed by atoms with van der Waals surface area (Å²) in [4.78, 5) is 44.8. The molecule has 1 aliphatic carbocycles. The number of fused-ring (bicyclic) bond motifs is 4. The van der Waals surface area contributed by atoms with E-state index < -0.39 is 25.8 Å². The monoisotopic (exact) mass is 885 g/mol. The van der Waals surface area contributed by atoms with Gasteiger partial charge in [-0.1, -0.05) is 82.0 Å². The van der Waals surface area contributed by atoms with E-state index in [1.807, 2.05) is 12.1 Å². The molecule has 8 rings (SSSR count). The number of piperidine rings is 3. The second kappa shape index (κ2) is 19.3. The van der Waals surface area contributed by atoms with Gasteiger partial charge in [0.25, 0.3) is 0 Å². The first-order valence-electron chi connectivity index (χ1n) is 22.4. The fourth-order valence-electron chi connectivity index (χ4n) is 9.31. The third kappa shape index (κ3) is 10.1. The molecule has 3 aliphatic heterocycles. The maximum atomic E-state index is 14.1. The van der Waals surface area contributed by atoms with Crippen LogP contribution in [0.4, 0.5) is 0 Å². The highest BCUT2D eigenvalue weighted by molar-refractivity contribution is 6.74. The normalized spacial score (nSPS) is 20.5. The van der Waals surface area contributed by atoms with Gasteiger partial charge < -0.3 is 34.0 Å².